The van der Waals surface area contributed by atoms with E-state index in [0.29, 0.717) is 31.6 Å². The van der Waals surface area contributed by atoms with Crippen LogP contribution >= 0.6 is 0 Å². The van der Waals surface area contributed by atoms with E-state index in [9.17, 15) is 14.4 Å². The quantitative estimate of drug-likeness (QED) is 0.804. The molecule has 0 bridgehead atoms. The summed E-state index contributed by atoms with van der Waals surface area (Å²) in [5.74, 6) is -0.183. The van der Waals surface area contributed by atoms with Crippen LogP contribution in [-0.4, -0.2) is 63.8 Å². The normalized spacial score (nSPS) is 19.8. The molecule has 164 valence electrons. The van der Waals surface area contributed by atoms with E-state index in [1.54, 1.807) is 4.90 Å². The number of nitrogens with zero attached hydrogens (tertiary/aromatic N) is 3. The average Bonchev–Trinajstić information content (AvgIpc) is 3.44. The van der Waals surface area contributed by atoms with Crippen molar-refractivity contribution in [1.82, 2.24) is 19.7 Å². The summed E-state index contributed by atoms with van der Waals surface area (Å²) in [6, 6.07) is 11.6. The standard InChI is InChI=1S/C24H30N4O3/c1-17(2)28-16-19(15-22(28)29)24(31)27-13-9-20(10-14-27)25-23(30)18-5-7-21(8-6-18)26-11-3-4-12-26/h3-8,11-12,17,19-20H,9-10,13-16H2,1-2H3,(H,25,30). The molecule has 3 heterocycles. The molecule has 2 aliphatic heterocycles. The Kier molecular flexibility index (Phi) is 6.11. The van der Waals surface area contributed by atoms with Crippen molar-refractivity contribution in [2.75, 3.05) is 19.6 Å². The van der Waals surface area contributed by atoms with Gasteiger partial charge >= 0.3 is 0 Å². The minimum atomic E-state index is -0.236. The Morgan fingerprint density at radius 2 is 1.68 bits per heavy atom. The van der Waals surface area contributed by atoms with Gasteiger partial charge in [0.2, 0.25) is 11.8 Å². The zero-order chi connectivity index (χ0) is 22.0. The van der Waals surface area contributed by atoms with Crippen LogP contribution < -0.4 is 5.32 Å². The molecule has 0 aliphatic carbocycles. The molecule has 31 heavy (non-hydrogen) atoms. The van der Waals surface area contributed by atoms with Gasteiger partial charge in [-0.1, -0.05) is 0 Å². The van der Waals surface area contributed by atoms with Crippen molar-refractivity contribution in [2.45, 2.75) is 45.2 Å². The van der Waals surface area contributed by atoms with Gasteiger partial charge in [0.1, 0.15) is 0 Å². The molecule has 2 aromatic rings. The van der Waals surface area contributed by atoms with Crippen LogP contribution in [0.1, 0.15) is 43.5 Å². The topological polar surface area (TPSA) is 74.7 Å². The smallest absolute Gasteiger partial charge is 0.251 e. The molecule has 2 aliphatic rings. The number of aromatic nitrogens is 1. The summed E-state index contributed by atoms with van der Waals surface area (Å²) in [4.78, 5) is 41.2. The van der Waals surface area contributed by atoms with Crippen LogP contribution in [0.25, 0.3) is 5.69 Å². The summed E-state index contributed by atoms with van der Waals surface area (Å²) in [6.07, 6.45) is 5.70. The van der Waals surface area contributed by atoms with Gasteiger partial charge in [0.15, 0.2) is 0 Å². The first-order valence-electron chi connectivity index (χ1n) is 11.0. The van der Waals surface area contributed by atoms with Crippen LogP contribution in [0.2, 0.25) is 0 Å². The van der Waals surface area contributed by atoms with Crippen molar-refractivity contribution < 1.29 is 14.4 Å². The minimum absolute atomic E-state index is 0.0537. The maximum Gasteiger partial charge on any atom is 0.251 e. The molecular formula is C24H30N4O3. The van der Waals surface area contributed by atoms with E-state index in [1.807, 2.05) is 72.1 Å². The molecule has 3 amide bonds. The lowest BCUT2D eigenvalue weighted by Gasteiger charge is -2.34. The van der Waals surface area contributed by atoms with Crippen molar-refractivity contribution in [2.24, 2.45) is 5.92 Å². The second-order valence-electron chi connectivity index (χ2n) is 8.75. The molecule has 4 rings (SSSR count). The Morgan fingerprint density at radius 1 is 1.03 bits per heavy atom. The van der Waals surface area contributed by atoms with Gasteiger partial charge < -0.3 is 19.7 Å². The number of carbonyl (C=O) groups excluding carboxylic acids is 3. The molecular weight excluding hydrogens is 392 g/mol. The summed E-state index contributed by atoms with van der Waals surface area (Å²) < 4.78 is 1.99. The maximum absolute atomic E-state index is 12.9. The van der Waals surface area contributed by atoms with E-state index < -0.39 is 0 Å². The number of piperidine rings is 1. The Balaban J connectivity index is 1.27. The van der Waals surface area contributed by atoms with E-state index >= 15 is 0 Å². The summed E-state index contributed by atoms with van der Waals surface area (Å²) >= 11 is 0. The monoisotopic (exact) mass is 422 g/mol. The molecule has 7 nitrogen and oxygen atoms in total. The molecule has 1 N–H and O–H groups in total. The van der Waals surface area contributed by atoms with Crippen LogP contribution in [0.4, 0.5) is 0 Å². The highest BCUT2D eigenvalue weighted by atomic mass is 16.2. The van der Waals surface area contributed by atoms with Crippen LogP contribution in [0.3, 0.4) is 0 Å². The molecule has 0 spiro atoms. The van der Waals surface area contributed by atoms with Crippen molar-refractivity contribution >= 4 is 17.7 Å². The predicted octanol–water partition coefficient (Wildman–Crippen LogP) is 2.46. The van der Waals surface area contributed by atoms with Gasteiger partial charge in [-0.3, -0.25) is 14.4 Å². The van der Waals surface area contributed by atoms with E-state index in [4.69, 9.17) is 0 Å². The molecule has 1 aromatic carbocycles. The van der Waals surface area contributed by atoms with Gasteiger partial charge in [-0.15, -0.1) is 0 Å². The second kappa shape index (κ2) is 8.96. The number of likely N-dealkylation sites (tertiary alicyclic amines) is 2. The number of hydrogen-bond donors (Lipinski definition) is 1. The highest BCUT2D eigenvalue weighted by Crippen LogP contribution is 2.24. The fraction of sp³-hybridized carbons (Fsp3) is 0.458. The fourth-order valence-corrected chi connectivity index (χ4v) is 4.46. The Labute approximate surface area is 183 Å². The third kappa shape index (κ3) is 4.65. The molecule has 0 radical (unpaired) electrons. The Hall–Kier alpha value is -3.09. The second-order valence-corrected chi connectivity index (χ2v) is 8.75. The van der Waals surface area contributed by atoms with Crippen LogP contribution in [0.5, 0.6) is 0 Å². The van der Waals surface area contributed by atoms with Crippen molar-refractivity contribution in [1.29, 1.82) is 0 Å². The number of nitrogens with one attached hydrogen (secondary N) is 1. The summed E-state index contributed by atoms with van der Waals surface area (Å²) in [5.41, 5.74) is 1.64. The number of carbonyl (C=O) groups is 3. The first kappa shape index (κ1) is 21.2. The lowest BCUT2D eigenvalue weighted by molar-refractivity contribution is -0.136. The SMILES string of the molecule is CC(C)N1CC(C(=O)N2CCC(NC(=O)c3ccc(-n4cccc4)cc3)CC2)CC1=O. The zero-order valence-corrected chi connectivity index (χ0v) is 18.2. The number of hydrogen-bond acceptors (Lipinski definition) is 3. The lowest BCUT2D eigenvalue weighted by Crippen LogP contribution is -2.48. The average molecular weight is 423 g/mol. The van der Waals surface area contributed by atoms with E-state index in [-0.39, 0.29) is 35.7 Å². The zero-order valence-electron chi connectivity index (χ0n) is 18.2. The number of rotatable bonds is 5. The van der Waals surface area contributed by atoms with Crippen LogP contribution in [0, 0.1) is 5.92 Å². The molecule has 1 aromatic heterocycles. The fourth-order valence-electron chi connectivity index (χ4n) is 4.46. The van der Waals surface area contributed by atoms with Gasteiger partial charge in [-0.25, -0.2) is 0 Å². The van der Waals surface area contributed by atoms with Crippen LogP contribution in [-0.2, 0) is 9.59 Å². The summed E-state index contributed by atoms with van der Waals surface area (Å²) in [6.45, 7) is 5.70. The Bertz CT molecular complexity index is 928. The van der Waals surface area contributed by atoms with Gasteiger partial charge in [0.25, 0.3) is 5.91 Å². The van der Waals surface area contributed by atoms with Gasteiger partial charge in [0.05, 0.1) is 5.92 Å². The van der Waals surface area contributed by atoms with Crippen LogP contribution in [0.15, 0.2) is 48.8 Å². The van der Waals surface area contributed by atoms with Gasteiger partial charge in [0, 0.05) is 61.8 Å². The largest absolute Gasteiger partial charge is 0.349 e. The van der Waals surface area contributed by atoms with Crippen molar-refractivity contribution in [3.8, 4) is 5.69 Å². The molecule has 0 saturated carbocycles. The third-order valence-electron chi connectivity index (χ3n) is 6.30. The first-order valence-corrected chi connectivity index (χ1v) is 11.0. The van der Waals surface area contributed by atoms with E-state index in [2.05, 4.69) is 5.32 Å². The predicted molar refractivity (Wildman–Crippen MR) is 118 cm³/mol. The molecule has 2 saturated heterocycles. The lowest BCUT2D eigenvalue weighted by atomic mass is 10.0. The van der Waals surface area contributed by atoms with Gasteiger partial charge in [-0.05, 0) is 63.1 Å². The van der Waals surface area contributed by atoms with Crippen molar-refractivity contribution in [3.63, 3.8) is 0 Å². The summed E-state index contributed by atoms with van der Waals surface area (Å²) in [7, 11) is 0. The third-order valence-corrected chi connectivity index (χ3v) is 6.30. The highest BCUT2D eigenvalue weighted by Gasteiger charge is 2.38. The van der Waals surface area contributed by atoms with E-state index in [0.717, 1.165) is 18.5 Å². The molecule has 7 heteroatoms. The first-order chi connectivity index (χ1) is 14.9. The molecule has 1 atom stereocenters. The molecule has 2 fully saturated rings. The number of benzene rings is 1. The minimum Gasteiger partial charge on any atom is -0.349 e. The number of amides is 3. The van der Waals surface area contributed by atoms with E-state index in [1.165, 1.54) is 0 Å². The maximum atomic E-state index is 12.9. The Morgan fingerprint density at radius 3 is 2.26 bits per heavy atom. The van der Waals surface area contributed by atoms with Crippen molar-refractivity contribution in [3.05, 3.63) is 54.4 Å². The van der Waals surface area contributed by atoms with Gasteiger partial charge in [-0.2, -0.15) is 0 Å². The molecule has 1 unspecified atom stereocenters. The summed E-state index contributed by atoms with van der Waals surface area (Å²) in [5, 5.41) is 3.10. The highest BCUT2D eigenvalue weighted by molar-refractivity contribution is 5.94.